The van der Waals surface area contributed by atoms with Gasteiger partial charge in [-0.25, -0.2) is 9.97 Å². The first-order valence-electron chi connectivity index (χ1n) is 7.24. The first kappa shape index (κ1) is 15.6. The minimum atomic E-state index is -0.345. The Morgan fingerprint density at radius 2 is 2.16 bits per heavy atom. The Bertz CT molecular complexity index is 1020. The maximum absolute atomic E-state index is 12.5. The summed E-state index contributed by atoms with van der Waals surface area (Å²) in [5, 5.41) is 10.6. The predicted molar refractivity (Wildman–Crippen MR) is 95.6 cm³/mol. The van der Waals surface area contributed by atoms with E-state index in [9.17, 15) is 4.79 Å². The topological polar surface area (TPSA) is 93.8 Å². The summed E-state index contributed by atoms with van der Waals surface area (Å²) in [5.74, 6) is -0.000933. The highest BCUT2D eigenvalue weighted by molar-refractivity contribution is 7.14. The molecule has 7 nitrogen and oxygen atoms in total. The van der Waals surface area contributed by atoms with Crippen molar-refractivity contribution in [3.63, 3.8) is 0 Å². The number of pyridine rings is 1. The molecule has 4 heterocycles. The Balaban J connectivity index is 1.57. The van der Waals surface area contributed by atoms with Crippen molar-refractivity contribution in [1.82, 2.24) is 20.1 Å². The Hall–Kier alpha value is -2.91. The van der Waals surface area contributed by atoms with E-state index in [0.29, 0.717) is 22.1 Å². The van der Waals surface area contributed by atoms with Crippen molar-refractivity contribution in [3.8, 4) is 22.8 Å². The van der Waals surface area contributed by atoms with Gasteiger partial charge >= 0.3 is 0 Å². The molecule has 0 atom stereocenters. The maximum Gasteiger partial charge on any atom is 0.263 e. The lowest BCUT2D eigenvalue weighted by Crippen LogP contribution is -2.11. The highest BCUT2D eigenvalue weighted by Gasteiger charge is 2.20. The highest BCUT2D eigenvalue weighted by atomic mass is 32.1. The molecule has 0 aromatic carbocycles. The highest BCUT2D eigenvalue weighted by Crippen LogP contribution is 2.27. The molecule has 0 saturated heterocycles. The number of nitrogens with one attached hydrogen (secondary N) is 1. The predicted octanol–water partition coefficient (Wildman–Crippen LogP) is 3.88. The molecule has 0 aliphatic rings. The molecule has 4 aromatic rings. The monoisotopic (exact) mass is 369 g/mol. The number of rotatable bonds is 4. The van der Waals surface area contributed by atoms with Crippen LogP contribution in [-0.2, 0) is 0 Å². The molecular formula is C16H11N5O2S2. The Morgan fingerprint density at radius 3 is 2.96 bits per heavy atom. The number of amides is 1. The third-order valence-electron chi connectivity index (χ3n) is 3.46. The van der Waals surface area contributed by atoms with Gasteiger partial charge in [0.2, 0.25) is 0 Å². The molecular weight excluding hydrogens is 358 g/mol. The van der Waals surface area contributed by atoms with Gasteiger partial charge in [0.05, 0.1) is 17.4 Å². The molecule has 0 aliphatic carbocycles. The normalized spacial score (nSPS) is 10.8. The van der Waals surface area contributed by atoms with Gasteiger partial charge in [-0.3, -0.25) is 15.1 Å². The van der Waals surface area contributed by atoms with E-state index in [2.05, 4.69) is 25.4 Å². The van der Waals surface area contributed by atoms with E-state index in [1.54, 1.807) is 17.1 Å². The summed E-state index contributed by atoms with van der Waals surface area (Å²) in [4.78, 5) is 25.4. The third-order valence-corrected chi connectivity index (χ3v) is 4.80. The fourth-order valence-electron chi connectivity index (χ4n) is 2.27. The van der Waals surface area contributed by atoms with Crippen LogP contribution in [-0.4, -0.2) is 26.0 Å². The van der Waals surface area contributed by atoms with E-state index in [0.717, 1.165) is 17.0 Å². The second-order valence-corrected chi connectivity index (χ2v) is 6.68. The molecule has 0 spiro atoms. The molecule has 124 valence electrons. The molecule has 4 rings (SSSR count). The van der Waals surface area contributed by atoms with Crippen molar-refractivity contribution < 1.29 is 9.32 Å². The van der Waals surface area contributed by atoms with Gasteiger partial charge in [0.1, 0.15) is 17.0 Å². The lowest BCUT2D eigenvalue weighted by Gasteiger charge is -2.01. The van der Waals surface area contributed by atoms with E-state index in [-0.39, 0.29) is 5.91 Å². The second-order valence-electron chi connectivity index (χ2n) is 5.10. The smallest absolute Gasteiger partial charge is 0.263 e. The van der Waals surface area contributed by atoms with Gasteiger partial charge in [-0.15, -0.1) is 22.7 Å². The lowest BCUT2D eigenvalue weighted by atomic mass is 10.2. The van der Waals surface area contributed by atoms with Crippen LogP contribution in [0.3, 0.4) is 0 Å². The average molecular weight is 369 g/mol. The fourth-order valence-corrected chi connectivity index (χ4v) is 3.49. The number of carbonyl (C=O) groups is 1. The number of hydrogen-bond donors (Lipinski definition) is 1. The van der Waals surface area contributed by atoms with E-state index in [1.807, 2.05) is 24.4 Å². The lowest BCUT2D eigenvalue weighted by molar-refractivity contribution is 0.102. The van der Waals surface area contributed by atoms with Gasteiger partial charge in [-0.2, -0.15) is 0 Å². The number of nitrogens with zero attached hydrogens (tertiary/aromatic N) is 4. The average Bonchev–Trinajstić information content (AvgIpc) is 3.36. The van der Waals surface area contributed by atoms with Gasteiger partial charge < -0.3 is 4.52 Å². The van der Waals surface area contributed by atoms with E-state index >= 15 is 0 Å². The molecule has 4 aromatic heterocycles. The van der Waals surface area contributed by atoms with Gasteiger partial charge in [0, 0.05) is 17.0 Å². The van der Waals surface area contributed by atoms with Gasteiger partial charge in [0.15, 0.2) is 10.9 Å². The van der Waals surface area contributed by atoms with Crippen LogP contribution in [0.5, 0.6) is 0 Å². The minimum Gasteiger partial charge on any atom is -0.354 e. The molecule has 0 radical (unpaired) electrons. The number of carbonyl (C=O) groups excluding carboxylic acids is 1. The first-order chi connectivity index (χ1) is 12.2. The van der Waals surface area contributed by atoms with Crippen molar-refractivity contribution in [3.05, 3.63) is 51.9 Å². The van der Waals surface area contributed by atoms with Crippen LogP contribution in [0.2, 0.25) is 0 Å². The zero-order valence-corrected chi connectivity index (χ0v) is 14.6. The van der Waals surface area contributed by atoms with Crippen molar-refractivity contribution in [1.29, 1.82) is 0 Å². The summed E-state index contributed by atoms with van der Waals surface area (Å²) in [6.07, 6.45) is 3.10. The molecule has 1 amide bonds. The number of anilines is 1. The number of hydrogen-bond acceptors (Lipinski definition) is 8. The van der Waals surface area contributed by atoms with Crippen molar-refractivity contribution in [2.24, 2.45) is 0 Å². The minimum absolute atomic E-state index is 0.316. The molecule has 0 unspecified atom stereocenters. The second kappa shape index (κ2) is 6.54. The summed E-state index contributed by atoms with van der Waals surface area (Å²) in [6, 6.07) is 3.84. The summed E-state index contributed by atoms with van der Waals surface area (Å²) in [5.41, 5.74) is 5.11. The molecule has 9 heteroatoms. The maximum atomic E-state index is 12.5. The van der Waals surface area contributed by atoms with Crippen molar-refractivity contribution in [2.75, 3.05) is 5.32 Å². The molecule has 0 fully saturated rings. The molecule has 1 N–H and O–H groups in total. The van der Waals surface area contributed by atoms with Crippen molar-refractivity contribution >= 4 is 33.7 Å². The van der Waals surface area contributed by atoms with Gasteiger partial charge in [-0.1, -0.05) is 11.2 Å². The number of aryl methyl sites for hydroxylation is 1. The van der Waals surface area contributed by atoms with Crippen LogP contribution in [0.1, 0.15) is 15.9 Å². The van der Waals surface area contributed by atoms with Gasteiger partial charge in [0.25, 0.3) is 5.91 Å². The fraction of sp³-hybridized carbons (Fsp3) is 0.0625. The summed E-state index contributed by atoms with van der Waals surface area (Å²) < 4.78 is 5.16. The number of aromatic nitrogens is 4. The zero-order valence-electron chi connectivity index (χ0n) is 13.0. The van der Waals surface area contributed by atoms with E-state index in [4.69, 9.17) is 4.52 Å². The van der Waals surface area contributed by atoms with Crippen LogP contribution in [0.25, 0.3) is 22.8 Å². The Morgan fingerprint density at radius 1 is 1.24 bits per heavy atom. The first-order valence-corrected chi connectivity index (χ1v) is 9.06. The van der Waals surface area contributed by atoms with Crippen molar-refractivity contribution in [2.45, 2.75) is 6.92 Å². The summed E-state index contributed by atoms with van der Waals surface area (Å²) >= 11 is 2.75. The largest absolute Gasteiger partial charge is 0.354 e. The third kappa shape index (κ3) is 3.06. The van der Waals surface area contributed by atoms with E-state index < -0.39 is 0 Å². The molecule has 0 bridgehead atoms. The Kier molecular flexibility index (Phi) is 4.08. The van der Waals surface area contributed by atoms with Crippen LogP contribution in [0, 0.1) is 6.92 Å². The quantitative estimate of drug-likeness (QED) is 0.587. The number of thiazole rings is 2. The standard InChI is InChI=1S/C16H11N5O2S2/c1-9-3-2-4-17-13(9)11-7-25-16(20-11)21-15(22)10-5-19-23-14(10)12-6-24-8-18-12/h2-8H,1H3,(H,20,21,22). The Labute approximate surface area is 150 Å². The molecule has 25 heavy (non-hydrogen) atoms. The van der Waals surface area contributed by atoms with E-state index in [1.165, 1.54) is 28.9 Å². The molecule has 0 aliphatic heterocycles. The summed E-state index contributed by atoms with van der Waals surface area (Å²) in [7, 11) is 0. The zero-order chi connectivity index (χ0) is 17.2. The van der Waals surface area contributed by atoms with Crippen LogP contribution >= 0.6 is 22.7 Å². The van der Waals surface area contributed by atoms with Gasteiger partial charge in [-0.05, 0) is 18.6 Å². The SMILES string of the molecule is Cc1cccnc1-c1csc(NC(=O)c2cnoc2-c2cscn2)n1. The summed E-state index contributed by atoms with van der Waals surface area (Å²) in [6.45, 7) is 1.97. The van der Waals surface area contributed by atoms with Crippen LogP contribution in [0.15, 0.2) is 45.3 Å². The van der Waals surface area contributed by atoms with Crippen LogP contribution < -0.4 is 5.32 Å². The van der Waals surface area contributed by atoms with Crippen LogP contribution in [0.4, 0.5) is 5.13 Å². The molecule has 0 saturated carbocycles.